The average molecular weight is 393 g/mol. The number of carbonyl (C=O) groups is 3. The van der Waals surface area contributed by atoms with Crippen molar-refractivity contribution in [2.24, 2.45) is 0 Å². The number of aryl methyl sites for hydroxylation is 1. The number of hydrogen-bond acceptors (Lipinski definition) is 3. The molecule has 1 aliphatic rings. The standard InChI is InChI=1S/C23H27N3O3/c1-17(12-13-18-8-4-2-5-9-18)24-21(27)15-14-20-22(28)26(23(29)25-20)16-19-10-6-3-7-11-19/h2-11,17,20H,12-16H2,1H3,(H,24,27)(H,25,29)/t17-,20-/m1/s1. The molecular formula is C23H27N3O3. The maximum Gasteiger partial charge on any atom is 0.325 e. The Morgan fingerprint density at radius 3 is 2.31 bits per heavy atom. The molecule has 0 radical (unpaired) electrons. The van der Waals surface area contributed by atoms with Crippen LogP contribution in [0.1, 0.15) is 37.3 Å². The Bertz CT molecular complexity index is 839. The molecule has 0 aliphatic carbocycles. The van der Waals surface area contributed by atoms with Crippen LogP contribution in [0, 0.1) is 0 Å². The Balaban J connectivity index is 1.41. The highest BCUT2D eigenvalue weighted by molar-refractivity contribution is 6.04. The molecule has 1 fully saturated rings. The summed E-state index contributed by atoms with van der Waals surface area (Å²) in [6.07, 6.45) is 2.24. The van der Waals surface area contributed by atoms with Crippen LogP contribution in [0.25, 0.3) is 0 Å². The Hall–Kier alpha value is -3.15. The summed E-state index contributed by atoms with van der Waals surface area (Å²) in [6, 6.07) is 18.5. The van der Waals surface area contributed by atoms with Gasteiger partial charge in [0.05, 0.1) is 6.54 Å². The number of carbonyl (C=O) groups excluding carboxylic acids is 3. The van der Waals surface area contributed by atoms with E-state index in [1.165, 1.54) is 10.5 Å². The predicted molar refractivity (Wildman–Crippen MR) is 111 cm³/mol. The highest BCUT2D eigenvalue weighted by Crippen LogP contribution is 2.15. The second-order valence-electron chi connectivity index (χ2n) is 7.44. The molecule has 2 atom stereocenters. The van der Waals surface area contributed by atoms with Gasteiger partial charge in [-0.2, -0.15) is 0 Å². The maximum atomic E-state index is 12.5. The molecular weight excluding hydrogens is 366 g/mol. The van der Waals surface area contributed by atoms with Crippen LogP contribution in [0.3, 0.4) is 0 Å². The van der Waals surface area contributed by atoms with Crippen LogP contribution in [-0.4, -0.2) is 34.8 Å². The molecule has 1 saturated heterocycles. The van der Waals surface area contributed by atoms with Gasteiger partial charge in [-0.05, 0) is 37.3 Å². The molecule has 3 rings (SSSR count). The molecule has 6 heteroatoms. The summed E-state index contributed by atoms with van der Waals surface area (Å²) in [6.45, 7) is 2.22. The van der Waals surface area contributed by atoms with Gasteiger partial charge in [-0.15, -0.1) is 0 Å². The SMILES string of the molecule is C[C@H](CCc1ccccc1)NC(=O)CC[C@H]1NC(=O)N(Cc2ccccc2)C1=O. The molecule has 0 spiro atoms. The molecule has 0 unspecified atom stereocenters. The zero-order valence-electron chi connectivity index (χ0n) is 16.6. The summed E-state index contributed by atoms with van der Waals surface area (Å²) in [5.74, 6) is -0.377. The molecule has 6 nitrogen and oxygen atoms in total. The topological polar surface area (TPSA) is 78.5 Å². The minimum absolute atomic E-state index is 0.0474. The number of nitrogens with zero attached hydrogens (tertiary/aromatic N) is 1. The second kappa shape index (κ2) is 9.87. The Labute approximate surface area is 171 Å². The molecule has 4 amide bonds. The van der Waals surface area contributed by atoms with Gasteiger partial charge in [-0.1, -0.05) is 60.7 Å². The third-order valence-electron chi connectivity index (χ3n) is 5.07. The van der Waals surface area contributed by atoms with Crippen molar-refractivity contribution in [3.05, 3.63) is 71.8 Å². The van der Waals surface area contributed by atoms with E-state index in [0.717, 1.165) is 18.4 Å². The largest absolute Gasteiger partial charge is 0.354 e. The van der Waals surface area contributed by atoms with Gasteiger partial charge in [0.15, 0.2) is 0 Å². The lowest BCUT2D eigenvalue weighted by Gasteiger charge is -2.15. The highest BCUT2D eigenvalue weighted by Gasteiger charge is 2.37. The zero-order chi connectivity index (χ0) is 20.6. The van der Waals surface area contributed by atoms with Crippen LogP contribution in [-0.2, 0) is 22.6 Å². The van der Waals surface area contributed by atoms with Gasteiger partial charge in [0, 0.05) is 12.5 Å². The van der Waals surface area contributed by atoms with Gasteiger partial charge >= 0.3 is 6.03 Å². The van der Waals surface area contributed by atoms with Crippen molar-refractivity contribution < 1.29 is 14.4 Å². The van der Waals surface area contributed by atoms with Gasteiger partial charge in [-0.3, -0.25) is 14.5 Å². The van der Waals surface area contributed by atoms with Crippen molar-refractivity contribution in [2.75, 3.05) is 0 Å². The predicted octanol–water partition coefficient (Wildman–Crippen LogP) is 3.02. The van der Waals surface area contributed by atoms with Crippen molar-refractivity contribution >= 4 is 17.8 Å². The van der Waals surface area contributed by atoms with Crippen molar-refractivity contribution in [3.63, 3.8) is 0 Å². The Morgan fingerprint density at radius 1 is 1.03 bits per heavy atom. The Kier molecular flexibility index (Phi) is 7.00. The van der Waals surface area contributed by atoms with Gasteiger partial charge in [0.1, 0.15) is 6.04 Å². The summed E-state index contributed by atoms with van der Waals surface area (Å²) >= 11 is 0. The van der Waals surface area contributed by atoms with E-state index in [2.05, 4.69) is 22.8 Å². The fourth-order valence-corrected chi connectivity index (χ4v) is 3.41. The Morgan fingerprint density at radius 2 is 1.66 bits per heavy atom. The molecule has 2 N–H and O–H groups in total. The minimum atomic E-state index is -0.642. The van der Waals surface area contributed by atoms with Crippen LogP contribution in [0.15, 0.2) is 60.7 Å². The van der Waals surface area contributed by atoms with E-state index < -0.39 is 12.1 Å². The van der Waals surface area contributed by atoms with Gasteiger partial charge in [0.25, 0.3) is 5.91 Å². The zero-order valence-corrected chi connectivity index (χ0v) is 16.6. The number of benzene rings is 2. The summed E-state index contributed by atoms with van der Waals surface area (Å²) in [4.78, 5) is 38.1. The number of amides is 4. The summed E-state index contributed by atoms with van der Waals surface area (Å²) < 4.78 is 0. The van der Waals surface area contributed by atoms with Crippen LogP contribution < -0.4 is 10.6 Å². The lowest BCUT2D eigenvalue weighted by molar-refractivity contribution is -0.128. The first-order valence-corrected chi connectivity index (χ1v) is 10.0. The van der Waals surface area contributed by atoms with Crippen LogP contribution in [0.4, 0.5) is 4.79 Å². The van der Waals surface area contributed by atoms with Crippen molar-refractivity contribution in [1.82, 2.24) is 15.5 Å². The molecule has 0 aromatic heterocycles. The van der Waals surface area contributed by atoms with Gasteiger partial charge < -0.3 is 10.6 Å². The molecule has 1 heterocycles. The first-order chi connectivity index (χ1) is 14.0. The van der Waals surface area contributed by atoms with Crippen molar-refractivity contribution in [1.29, 1.82) is 0 Å². The fourth-order valence-electron chi connectivity index (χ4n) is 3.41. The lowest BCUT2D eigenvalue weighted by atomic mass is 10.1. The van der Waals surface area contributed by atoms with E-state index in [4.69, 9.17) is 0 Å². The third-order valence-corrected chi connectivity index (χ3v) is 5.07. The number of urea groups is 1. The van der Waals surface area contributed by atoms with E-state index in [9.17, 15) is 14.4 Å². The summed E-state index contributed by atoms with van der Waals surface area (Å²) in [7, 11) is 0. The smallest absolute Gasteiger partial charge is 0.325 e. The minimum Gasteiger partial charge on any atom is -0.354 e. The normalized spacial score (nSPS) is 17.1. The second-order valence-corrected chi connectivity index (χ2v) is 7.44. The molecule has 0 bridgehead atoms. The third kappa shape index (κ3) is 5.91. The molecule has 152 valence electrons. The molecule has 0 saturated carbocycles. The van der Waals surface area contributed by atoms with Gasteiger partial charge in [-0.25, -0.2) is 4.79 Å². The number of imide groups is 1. The van der Waals surface area contributed by atoms with E-state index in [-0.39, 0.29) is 30.8 Å². The first-order valence-electron chi connectivity index (χ1n) is 10.0. The van der Waals surface area contributed by atoms with E-state index in [1.807, 2.05) is 55.5 Å². The molecule has 2 aromatic carbocycles. The van der Waals surface area contributed by atoms with Crippen molar-refractivity contribution in [3.8, 4) is 0 Å². The van der Waals surface area contributed by atoms with Gasteiger partial charge in [0.2, 0.25) is 5.91 Å². The summed E-state index contributed by atoms with van der Waals surface area (Å²) in [5, 5.41) is 5.66. The van der Waals surface area contributed by atoms with E-state index in [0.29, 0.717) is 6.42 Å². The quantitative estimate of drug-likeness (QED) is 0.643. The van der Waals surface area contributed by atoms with Crippen LogP contribution in [0.5, 0.6) is 0 Å². The first kappa shape index (κ1) is 20.6. The van der Waals surface area contributed by atoms with Crippen molar-refractivity contribution in [2.45, 2.75) is 51.2 Å². The molecule has 2 aromatic rings. The van der Waals surface area contributed by atoms with E-state index in [1.54, 1.807) is 0 Å². The maximum absolute atomic E-state index is 12.5. The number of nitrogens with one attached hydrogen (secondary N) is 2. The lowest BCUT2D eigenvalue weighted by Crippen LogP contribution is -2.35. The van der Waals surface area contributed by atoms with Crippen LogP contribution >= 0.6 is 0 Å². The fraction of sp³-hybridized carbons (Fsp3) is 0.348. The summed E-state index contributed by atoms with van der Waals surface area (Å²) in [5.41, 5.74) is 2.13. The average Bonchev–Trinajstić information content (AvgIpc) is 3.00. The molecule has 1 aliphatic heterocycles. The number of hydrogen-bond donors (Lipinski definition) is 2. The van der Waals surface area contributed by atoms with Crippen LogP contribution in [0.2, 0.25) is 0 Å². The molecule has 29 heavy (non-hydrogen) atoms. The highest BCUT2D eigenvalue weighted by atomic mass is 16.2. The monoisotopic (exact) mass is 393 g/mol. The number of rotatable bonds is 9. The van der Waals surface area contributed by atoms with E-state index >= 15 is 0 Å².